The van der Waals surface area contributed by atoms with Crippen LogP contribution in [0.2, 0.25) is 18.1 Å². The van der Waals surface area contributed by atoms with Crippen LogP contribution in [-0.4, -0.2) is 41.8 Å². The fourth-order valence-electron chi connectivity index (χ4n) is 5.02. The van der Waals surface area contributed by atoms with Gasteiger partial charge in [-0.25, -0.2) is 4.79 Å². The van der Waals surface area contributed by atoms with Gasteiger partial charge in [0.25, 0.3) is 5.56 Å². The minimum Gasteiger partial charge on any atom is -0.411 e. The highest BCUT2D eigenvalue weighted by Crippen LogP contribution is 2.72. The molecule has 3 saturated carbocycles. The Balaban J connectivity index is 1.74. The van der Waals surface area contributed by atoms with Crippen molar-refractivity contribution in [3.8, 4) is 0 Å². The van der Waals surface area contributed by atoms with E-state index < -0.39 is 31.9 Å². The molecule has 0 aromatic carbocycles. The molecular formula is C20H32N2O5Si. The van der Waals surface area contributed by atoms with Gasteiger partial charge in [0, 0.05) is 18.2 Å². The number of aromatic amines is 1. The minimum absolute atomic E-state index is 0.00706. The van der Waals surface area contributed by atoms with E-state index in [1.165, 1.54) is 16.8 Å². The van der Waals surface area contributed by atoms with Crippen LogP contribution in [0.3, 0.4) is 0 Å². The van der Waals surface area contributed by atoms with Crippen LogP contribution in [0.15, 0.2) is 21.9 Å². The topological polar surface area (TPSA) is 93.6 Å². The van der Waals surface area contributed by atoms with Crippen molar-refractivity contribution in [2.45, 2.75) is 76.6 Å². The number of H-pyrrole nitrogens is 1. The second-order valence-electron chi connectivity index (χ2n) is 10.5. The van der Waals surface area contributed by atoms with Crippen molar-refractivity contribution < 1.29 is 14.3 Å². The highest BCUT2D eigenvalue weighted by Gasteiger charge is 2.68. The molecule has 0 radical (unpaired) electrons. The molecule has 5 rings (SSSR count). The molecule has 4 atom stereocenters. The summed E-state index contributed by atoms with van der Waals surface area (Å²) < 4.78 is 14.5. The maximum Gasteiger partial charge on any atom is 0.330 e. The fraction of sp³-hybridized carbons (Fsp3) is 0.800. The Kier molecular flexibility index (Phi) is 4.58. The summed E-state index contributed by atoms with van der Waals surface area (Å²) in [6, 6.07) is 1.35. The highest BCUT2D eigenvalue weighted by atomic mass is 28.4. The average molecular weight is 409 g/mol. The molecule has 8 heteroatoms. The number of aliphatic hydroxyl groups excluding tert-OH is 1. The summed E-state index contributed by atoms with van der Waals surface area (Å²) in [5.74, 6) is 0.766. The Morgan fingerprint density at radius 3 is 2.43 bits per heavy atom. The van der Waals surface area contributed by atoms with Gasteiger partial charge in [-0.2, -0.15) is 0 Å². The average Bonchev–Trinajstić information content (AvgIpc) is 2.81. The molecular weight excluding hydrogens is 376 g/mol. The van der Waals surface area contributed by atoms with Gasteiger partial charge < -0.3 is 14.3 Å². The van der Waals surface area contributed by atoms with E-state index in [9.17, 15) is 14.7 Å². The molecule has 156 valence electrons. The number of nitrogens with one attached hydrogen (secondary N) is 1. The van der Waals surface area contributed by atoms with Gasteiger partial charge in [-0.05, 0) is 48.7 Å². The van der Waals surface area contributed by atoms with E-state index in [2.05, 4.69) is 38.8 Å². The largest absolute Gasteiger partial charge is 0.411 e. The summed E-state index contributed by atoms with van der Waals surface area (Å²) in [5.41, 5.74) is -0.783. The molecule has 0 spiro atoms. The van der Waals surface area contributed by atoms with E-state index in [0.29, 0.717) is 0 Å². The molecule has 2 bridgehead atoms. The van der Waals surface area contributed by atoms with Crippen LogP contribution in [0.1, 0.15) is 46.3 Å². The lowest BCUT2D eigenvalue weighted by Crippen LogP contribution is -2.62. The first-order chi connectivity index (χ1) is 13.0. The van der Waals surface area contributed by atoms with E-state index in [0.717, 1.165) is 25.2 Å². The minimum atomic E-state index is -2.11. The summed E-state index contributed by atoms with van der Waals surface area (Å²) in [6.07, 6.45) is 3.64. The zero-order valence-corrected chi connectivity index (χ0v) is 18.4. The normalized spacial score (nSPS) is 37.4. The third-order valence-electron chi connectivity index (χ3n) is 7.68. The molecule has 4 aliphatic rings. The first kappa shape index (κ1) is 20.1. The Morgan fingerprint density at radius 1 is 1.32 bits per heavy atom. The molecule has 4 fully saturated rings. The number of hydrogen-bond acceptors (Lipinski definition) is 5. The zero-order chi connectivity index (χ0) is 20.5. The third-order valence-corrected chi connectivity index (χ3v) is 12.2. The zero-order valence-electron chi connectivity index (χ0n) is 17.4. The summed E-state index contributed by atoms with van der Waals surface area (Å²) in [6.45, 7) is 10.9. The van der Waals surface area contributed by atoms with E-state index in [-0.39, 0.29) is 29.1 Å². The molecule has 2 N–H and O–H groups in total. The lowest BCUT2D eigenvalue weighted by atomic mass is 9.39. The van der Waals surface area contributed by atoms with Gasteiger partial charge in [0.05, 0.1) is 12.7 Å². The maximum atomic E-state index is 12.5. The predicted molar refractivity (Wildman–Crippen MR) is 108 cm³/mol. The van der Waals surface area contributed by atoms with E-state index in [1.54, 1.807) is 0 Å². The van der Waals surface area contributed by atoms with E-state index in [4.69, 9.17) is 9.16 Å². The molecule has 2 heterocycles. The molecule has 2 unspecified atom stereocenters. The number of rotatable bonds is 5. The van der Waals surface area contributed by atoms with Gasteiger partial charge in [-0.1, -0.05) is 20.8 Å². The second-order valence-corrected chi connectivity index (χ2v) is 15.2. The first-order valence-corrected chi connectivity index (χ1v) is 13.1. The molecule has 3 aliphatic carbocycles. The fourth-order valence-corrected chi connectivity index (χ4v) is 6.35. The number of nitrogens with zero attached hydrogens (tertiary/aromatic N) is 1. The Morgan fingerprint density at radius 2 is 1.96 bits per heavy atom. The summed E-state index contributed by atoms with van der Waals surface area (Å²) in [5, 5.41) is 10.1. The summed E-state index contributed by atoms with van der Waals surface area (Å²) in [4.78, 5) is 26.4. The first-order valence-electron chi connectivity index (χ1n) is 10.2. The Bertz CT molecular complexity index is 853. The second kappa shape index (κ2) is 6.39. The van der Waals surface area contributed by atoms with Crippen molar-refractivity contribution in [1.29, 1.82) is 0 Å². The van der Waals surface area contributed by atoms with E-state index in [1.807, 2.05) is 0 Å². The molecule has 1 aliphatic heterocycles. The summed E-state index contributed by atoms with van der Waals surface area (Å²) >= 11 is 0. The smallest absolute Gasteiger partial charge is 0.330 e. The van der Waals surface area contributed by atoms with Crippen LogP contribution >= 0.6 is 0 Å². The molecule has 1 aromatic rings. The van der Waals surface area contributed by atoms with Crippen LogP contribution in [0.4, 0.5) is 0 Å². The van der Waals surface area contributed by atoms with Crippen LogP contribution in [0.5, 0.6) is 0 Å². The number of ether oxygens (including phenoxy) is 1. The van der Waals surface area contributed by atoms with Gasteiger partial charge in [-0.3, -0.25) is 14.3 Å². The molecule has 1 aromatic heterocycles. The lowest BCUT2D eigenvalue weighted by Gasteiger charge is -2.66. The number of hydrogen-bond donors (Lipinski definition) is 2. The van der Waals surface area contributed by atoms with Crippen molar-refractivity contribution in [2.75, 3.05) is 6.61 Å². The van der Waals surface area contributed by atoms with Crippen molar-refractivity contribution in [3.05, 3.63) is 33.1 Å². The maximum absolute atomic E-state index is 12.5. The molecule has 0 amide bonds. The van der Waals surface area contributed by atoms with Crippen LogP contribution in [0, 0.1) is 17.3 Å². The monoisotopic (exact) mass is 408 g/mol. The van der Waals surface area contributed by atoms with Gasteiger partial charge in [0.2, 0.25) is 0 Å². The van der Waals surface area contributed by atoms with Crippen molar-refractivity contribution in [3.63, 3.8) is 0 Å². The number of aromatic nitrogens is 2. The lowest BCUT2D eigenvalue weighted by molar-refractivity contribution is -0.190. The van der Waals surface area contributed by atoms with Crippen molar-refractivity contribution >= 4 is 8.32 Å². The van der Waals surface area contributed by atoms with Gasteiger partial charge >= 0.3 is 5.69 Å². The van der Waals surface area contributed by atoms with E-state index >= 15 is 0 Å². The van der Waals surface area contributed by atoms with Crippen LogP contribution in [-0.2, 0) is 9.16 Å². The molecule has 28 heavy (non-hydrogen) atoms. The van der Waals surface area contributed by atoms with Crippen molar-refractivity contribution in [2.24, 2.45) is 17.3 Å². The molecule has 1 saturated heterocycles. The van der Waals surface area contributed by atoms with Gasteiger partial charge in [0.1, 0.15) is 12.3 Å². The van der Waals surface area contributed by atoms with Gasteiger partial charge in [-0.15, -0.1) is 0 Å². The third kappa shape index (κ3) is 2.96. The SMILES string of the molecule is CC(C)(C)[Si](C)(C)OC1C(C23CC(C2)C3)[C@H](n2ccc(=O)[nH]c2=O)O[C@@H]1CO. The number of aliphatic hydroxyl groups is 1. The van der Waals surface area contributed by atoms with Gasteiger partial charge in [0.15, 0.2) is 8.32 Å². The summed E-state index contributed by atoms with van der Waals surface area (Å²) in [7, 11) is -2.11. The Hall–Kier alpha value is -1.22. The van der Waals surface area contributed by atoms with Crippen LogP contribution in [0.25, 0.3) is 0 Å². The van der Waals surface area contributed by atoms with Crippen LogP contribution < -0.4 is 11.2 Å². The quantitative estimate of drug-likeness (QED) is 0.729. The Labute approximate surface area is 166 Å². The highest BCUT2D eigenvalue weighted by molar-refractivity contribution is 6.74. The van der Waals surface area contributed by atoms with Crippen molar-refractivity contribution in [1.82, 2.24) is 9.55 Å². The molecule has 7 nitrogen and oxygen atoms in total. The standard InChI is InChI=1S/C20H32N2O5Si/c1-19(2,3)28(4,5)27-16-13(11-23)26-17(15(16)20-8-12(9-20)10-20)22-7-6-14(24)21-18(22)25/h6-7,12-13,15-17,23H,8-11H2,1-5H3,(H,21,24,25)/t12?,13-,15?,16?,17-,20?/m1/s1. The predicted octanol–water partition coefficient (Wildman–Crippen LogP) is 2.23.